The Labute approximate surface area is 123 Å². The second-order valence-electron chi connectivity index (χ2n) is 4.91. The summed E-state index contributed by atoms with van der Waals surface area (Å²) in [5.74, 6) is 0.0847. The molecule has 1 aliphatic rings. The number of aliphatic hydroxyl groups is 3. The summed E-state index contributed by atoms with van der Waals surface area (Å²) in [6.45, 7) is -0.466. The largest absolute Gasteiger partial charge is 0.394 e. The van der Waals surface area contributed by atoms with Crippen molar-refractivity contribution in [2.45, 2.75) is 24.5 Å². The lowest BCUT2D eigenvalue weighted by Gasteiger charge is -2.18. The quantitative estimate of drug-likeness (QED) is 0.354. The SMILES string of the molecule is CNc1nc2c(=O)[nH]c(N)nc2n1[C@@H]1O[C@H](CO)C(O)C1O. The molecule has 2 unspecified atom stereocenters. The minimum Gasteiger partial charge on any atom is -0.394 e. The summed E-state index contributed by atoms with van der Waals surface area (Å²) in [5, 5.41) is 31.9. The molecule has 11 nitrogen and oxygen atoms in total. The first-order valence-electron chi connectivity index (χ1n) is 6.55. The Bertz CT molecular complexity index is 757. The van der Waals surface area contributed by atoms with Crippen molar-refractivity contribution in [2.24, 2.45) is 0 Å². The lowest BCUT2D eigenvalue weighted by atomic mass is 10.1. The minimum atomic E-state index is -1.33. The Kier molecular flexibility index (Phi) is 3.48. The van der Waals surface area contributed by atoms with E-state index in [1.807, 2.05) is 0 Å². The second-order valence-corrected chi connectivity index (χ2v) is 4.91. The van der Waals surface area contributed by atoms with Crippen LogP contribution < -0.4 is 16.6 Å². The van der Waals surface area contributed by atoms with Gasteiger partial charge in [-0.1, -0.05) is 0 Å². The van der Waals surface area contributed by atoms with Gasteiger partial charge in [0.15, 0.2) is 17.4 Å². The van der Waals surface area contributed by atoms with Gasteiger partial charge in [0.05, 0.1) is 6.61 Å². The van der Waals surface area contributed by atoms with E-state index in [1.165, 1.54) is 4.57 Å². The van der Waals surface area contributed by atoms with E-state index in [1.54, 1.807) is 7.05 Å². The van der Waals surface area contributed by atoms with Gasteiger partial charge in [0.2, 0.25) is 11.9 Å². The van der Waals surface area contributed by atoms with Crippen molar-refractivity contribution in [2.75, 3.05) is 24.7 Å². The highest BCUT2D eigenvalue weighted by molar-refractivity contribution is 5.74. The minimum absolute atomic E-state index is 0.0105. The zero-order chi connectivity index (χ0) is 16.0. The Balaban J connectivity index is 2.20. The molecule has 0 radical (unpaired) electrons. The summed E-state index contributed by atoms with van der Waals surface area (Å²) in [5.41, 5.74) is 5.11. The number of rotatable bonds is 3. The van der Waals surface area contributed by atoms with Gasteiger partial charge in [-0.2, -0.15) is 4.98 Å². The van der Waals surface area contributed by atoms with Gasteiger partial charge in [0.1, 0.15) is 18.3 Å². The van der Waals surface area contributed by atoms with E-state index in [9.17, 15) is 20.1 Å². The van der Waals surface area contributed by atoms with Crippen LogP contribution in [0.5, 0.6) is 0 Å². The summed E-state index contributed by atoms with van der Waals surface area (Å²) in [7, 11) is 1.57. The smallest absolute Gasteiger partial charge is 0.280 e. The van der Waals surface area contributed by atoms with E-state index in [-0.39, 0.29) is 23.1 Å². The zero-order valence-electron chi connectivity index (χ0n) is 11.6. The Morgan fingerprint density at radius 3 is 2.73 bits per heavy atom. The molecule has 1 aliphatic heterocycles. The van der Waals surface area contributed by atoms with Gasteiger partial charge in [-0.3, -0.25) is 14.3 Å². The first-order chi connectivity index (χ1) is 10.5. The van der Waals surface area contributed by atoms with E-state index < -0.39 is 36.7 Å². The fourth-order valence-electron chi connectivity index (χ4n) is 2.51. The molecule has 1 saturated heterocycles. The first-order valence-corrected chi connectivity index (χ1v) is 6.55. The van der Waals surface area contributed by atoms with Gasteiger partial charge in [-0.05, 0) is 0 Å². The van der Waals surface area contributed by atoms with Gasteiger partial charge < -0.3 is 31.1 Å². The van der Waals surface area contributed by atoms with Crippen molar-refractivity contribution < 1.29 is 20.1 Å². The van der Waals surface area contributed by atoms with Crippen LogP contribution in [0.2, 0.25) is 0 Å². The topological polar surface area (TPSA) is 172 Å². The number of hydrogen-bond donors (Lipinski definition) is 6. The van der Waals surface area contributed by atoms with Crippen molar-refractivity contribution in [3.05, 3.63) is 10.4 Å². The average Bonchev–Trinajstić information content (AvgIpc) is 2.98. The maximum atomic E-state index is 11.9. The van der Waals surface area contributed by atoms with Gasteiger partial charge in [0.25, 0.3) is 5.56 Å². The summed E-state index contributed by atoms with van der Waals surface area (Å²) >= 11 is 0. The fourth-order valence-corrected chi connectivity index (χ4v) is 2.51. The van der Waals surface area contributed by atoms with Crippen LogP contribution in [0.4, 0.5) is 11.9 Å². The number of aliphatic hydroxyl groups excluding tert-OH is 3. The van der Waals surface area contributed by atoms with E-state index in [2.05, 4.69) is 20.3 Å². The number of fused-ring (bicyclic) bond motifs is 1. The summed E-state index contributed by atoms with van der Waals surface area (Å²) < 4.78 is 6.77. The van der Waals surface area contributed by atoms with Crippen LogP contribution in [0.1, 0.15) is 6.23 Å². The maximum absolute atomic E-state index is 11.9. The van der Waals surface area contributed by atoms with E-state index >= 15 is 0 Å². The molecular weight excluding hydrogens is 296 g/mol. The van der Waals surface area contributed by atoms with Crippen LogP contribution in [-0.2, 0) is 4.74 Å². The van der Waals surface area contributed by atoms with Gasteiger partial charge in [0, 0.05) is 7.05 Å². The lowest BCUT2D eigenvalue weighted by molar-refractivity contribution is -0.0501. The Hall–Kier alpha value is -2.21. The van der Waals surface area contributed by atoms with Crippen molar-refractivity contribution >= 4 is 23.1 Å². The number of hydrogen-bond acceptors (Lipinski definition) is 9. The van der Waals surface area contributed by atoms with E-state index in [4.69, 9.17) is 10.5 Å². The van der Waals surface area contributed by atoms with Crippen LogP contribution >= 0.6 is 0 Å². The predicted octanol–water partition coefficient (Wildman–Crippen LogP) is -2.64. The second kappa shape index (κ2) is 5.21. The third-order valence-corrected chi connectivity index (χ3v) is 3.56. The fraction of sp³-hybridized carbons (Fsp3) is 0.545. The molecule has 0 saturated carbocycles. The third kappa shape index (κ3) is 2.02. The highest BCUT2D eigenvalue weighted by Gasteiger charge is 2.45. The average molecular weight is 312 g/mol. The Morgan fingerprint density at radius 2 is 2.14 bits per heavy atom. The molecule has 3 rings (SSSR count). The molecule has 0 amide bonds. The maximum Gasteiger partial charge on any atom is 0.280 e. The zero-order valence-corrected chi connectivity index (χ0v) is 11.6. The standard InChI is InChI=1S/C11H16N6O5/c1-13-11-14-4-7(15-10(12)16-8(4)21)17(11)9-6(20)5(19)3(2-18)22-9/h3,5-6,9,18-20H,2H2,1H3,(H,13,14)(H3,12,15,16,21)/t3-,5?,6?,9-/m1/s1. The number of ether oxygens (including phenoxy) is 1. The van der Waals surface area contributed by atoms with Gasteiger partial charge in [-0.25, -0.2) is 4.98 Å². The molecule has 7 N–H and O–H groups in total. The van der Waals surface area contributed by atoms with Crippen LogP contribution in [0.25, 0.3) is 11.2 Å². The molecule has 22 heavy (non-hydrogen) atoms. The van der Waals surface area contributed by atoms with Crippen molar-refractivity contribution in [3.8, 4) is 0 Å². The number of nitrogens with one attached hydrogen (secondary N) is 2. The molecule has 0 spiro atoms. The first kappa shape index (κ1) is 14.7. The monoisotopic (exact) mass is 312 g/mol. The van der Waals surface area contributed by atoms with E-state index in [0.29, 0.717) is 0 Å². The van der Waals surface area contributed by atoms with Crippen LogP contribution in [0.3, 0.4) is 0 Å². The number of aromatic amines is 1. The highest BCUT2D eigenvalue weighted by atomic mass is 16.6. The number of nitrogens with two attached hydrogens (primary N) is 1. The number of nitrogens with zero attached hydrogens (tertiary/aromatic N) is 3. The third-order valence-electron chi connectivity index (χ3n) is 3.56. The Morgan fingerprint density at radius 1 is 1.41 bits per heavy atom. The molecule has 2 aromatic heterocycles. The van der Waals surface area contributed by atoms with Crippen LogP contribution in [-0.4, -0.2) is 66.8 Å². The van der Waals surface area contributed by atoms with Gasteiger partial charge >= 0.3 is 0 Å². The predicted molar refractivity (Wildman–Crippen MR) is 75.1 cm³/mol. The normalized spacial score (nSPS) is 28.4. The number of aromatic nitrogens is 4. The van der Waals surface area contributed by atoms with E-state index in [0.717, 1.165) is 0 Å². The molecular formula is C11H16N6O5. The van der Waals surface area contributed by atoms with Crippen LogP contribution in [0, 0.1) is 0 Å². The molecule has 120 valence electrons. The van der Waals surface area contributed by atoms with Crippen LogP contribution in [0.15, 0.2) is 4.79 Å². The molecule has 4 atom stereocenters. The molecule has 3 heterocycles. The highest BCUT2D eigenvalue weighted by Crippen LogP contribution is 2.33. The molecule has 11 heteroatoms. The lowest BCUT2D eigenvalue weighted by Crippen LogP contribution is -2.33. The molecule has 1 fully saturated rings. The molecule has 0 aliphatic carbocycles. The molecule has 0 aromatic carbocycles. The number of anilines is 2. The molecule has 0 bridgehead atoms. The number of H-pyrrole nitrogens is 1. The van der Waals surface area contributed by atoms with Gasteiger partial charge in [-0.15, -0.1) is 0 Å². The molecule has 2 aromatic rings. The summed E-state index contributed by atoms with van der Waals surface area (Å²) in [4.78, 5) is 22.3. The van der Waals surface area contributed by atoms with Crippen molar-refractivity contribution in [1.82, 2.24) is 19.5 Å². The van der Waals surface area contributed by atoms with Crippen molar-refractivity contribution in [3.63, 3.8) is 0 Å². The number of imidazole rings is 1. The summed E-state index contributed by atoms with van der Waals surface area (Å²) in [6.07, 6.45) is -4.64. The summed E-state index contributed by atoms with van der Waals surface area (Å²) in [6, 6.07) is 0. The number of nitrogen functional groups attached to an aromatic ring is 1. The van der Waals surface area contributed by atoms with Crippen molar-refractivity contribution in [1.29, 1.82) is 0 Å².